The Labute approximate surface area is 165 Å². The zero-order valence-corrected chi connectivity index (χ0v) is 16.4. The van der Waals surface area contributed by atoms with Crippen molar-refractivity contribution in [3.05, 3.63) is 35.9 Å². The molecule has 3 rings (SSSR count). The first kappa shape index (κ1) is 20.3. The average Bonchev–Trinajstić information content (AvgIpc) is 3.12. The van der Waals surface area contributed by atoms with E-state index in [0.29, 0.717) is 18.6 Å². The maximum absolute atomic E-state index is 12.7. The third-order valence-corrected chi connectivity index (χ3v) is 4.85. The van der Waals surface area contributed by atoms with Crippen LogP contribution >= 0.6 is 0 Å². The Morgan fingerprint density at radius 3 is 2.68 bits per heavy atom. The van der Waals surface area contributed by atoms with Crippen molar-refractivity contribution in [3.63, 3.8) is 0 Å². The maximum Gasteiger partial charge on any atom is 0.287 e. The number of fused-ring (bicyclic) bond motifs is 1. The Kier molecular flexibility index (Phi) is 7.39. The number of aromatic nitrogens is 2. The number of nitrogens with one attached hydrogen (secondary N) is 2. The highest BCUT2D eigenvalue weighted by Gasteiger charge is 2.21. The van der Waals surface area contributed by atoms with E-state index in [1.54, 1.807) is 16.7 Å². The van der Waals surface area contributed by atoms with Gasteiger partial charge >= 0.3 is 0 Å². The van der Waals surface area contributed by atoms with E-state index >= 15 is 0 Å². The van der Waals surface area contributed by atoms with Crippen LogP contribution in [0.2, 0.25) is 0 Å². The summed E-state index contributed by atoms with van der Waals surface area (Å²) in [6.07, 6.45) is 4.85. The summed E-state index contributed by atoms with van der Waals surface area (Å²) in [5, 5.41) is 5.81. The van der Waals surface area contributed by atoms with E-state index < -0.39 is 0 Å². The summed E-state index contributed by atoms with van der Waals surface area (Å²) in [5.74, 6) is -0.280. The topological polar surface area (TPSA) is 88.0 Å². The normalized spacial score (nSPS) is 14.9. The van der Waals surface area contributed by atoms with Crippen molar-refractivity contribution in [3.8, 4) is 0 Å². The minimum atomic E-state index is -0.262. The van der Waals surface area contributed by atoms with Gasteiger partial charge in [0.05, 0.1) is 18.7 Å². The van der Waals surface area contributed by atoms with Gasteiger partial charge in [0.25, 0.3) is 11.8 Å². The van der Waals surface area contributed by atoms with E-state index in [0.717, 1.165) is 52.1 Å². The molecular formula is C20H29N5O3. The van der Waals surface area contributed by atoms with Crippen LogP contribution < -0.4 is 10.6 Å². The number of hydrogen-bond acceptors (Lipinski definition) is 5. The van der Waals surface area contributed by atoms with Gasteiger partial charge in [-0.15, -0.1) is 0 Å². The van der Waals surface area contributed by atoms with Crippen LogP contribution in [0.1, 0.15) is 47.3 Å². The maximum atomic E-state index is 12.7. The number of amides is 2. The van der Waals surface area contributed by atoms with Crippen molar-refractivity contribution in [2.45, 2.75) is 26.2 Å². The predicted molar refractivity (Wildman–Crippen MR) is 107 cm³/mol. The second-order valence-electron chi connectivity index (χ2n) is 6.91. The molecule has 3 heterocycles. The zero-order valence-electron chi connectivity index (χ0n) is 16.4. The molecule has 2 aromatic rings. The van der Waals surface area contributed by atoms with Gasteiger partial charge in [0.1, 0.15) is 0 Å². The van der Waals surface area contributed by atoms with Crippen molar-refractivity contribution in [2.75, 3.05) is 45.9 Å². The Morgan fingerprint density at radius 2 is 1.89 bits per heavy atom. The summed E-state index contributed by atoms with van der Waals surface area (Å²) in [7, 11) is 0. The summed E-state index contributed by atoms with van der Waals surface area (Å²) < 4.78 is 7.00. The summed E-state index contributed by atoms with van der Waals surface area (Å²) in [6.45, 7) is 7.25. The molecule has 152 valence electrons. The molecule has 0 radical (unpaired) electrons. The van der Waals surface area contributed by atoms with Gasteiger partial charge in [-0.2, -0.15) is 0 Å². The lowest BCUT2D eigenvalue weighted by Gasteiger charge is -2.26. The number of imidazole rings is 1. The van der Waals surface area contributed by atoms with Crippen LogP contribution in [0.3, 0.4) is 0 Å². The Balaban J connectivity index is 1.65. The third kappa shape index (κ3) is 5.08. The highest BCUT2D eigenvalue weighted by Crippen LogP contribution is 2.13. The van der Waals surface area contributed by atoms with Gasteiger partial charge in [-0.3, -0.25) is 18.9 Å². The van der Waals surface area contributed by atoms with Crippen LogP contribution in [0, 0.1) is 0 Å². The largest absolute Gasteiger partial charge is 0.379 e. The molecule has 8 heteroatoms. The van der Waals surface area contributed by atoms with Gasteiger partial charge in [-0.1, -0.05) is 25.8 Å². The molecule has 2 aromatic heterocycles. The first-order chi connectivity index (χ1) is 13.7. The molecular weight excluding hydrogens is 358 g/mol. The lowest BCUT2D eigenvalue weighted by molar-refractivity contribution is 0.0383. The number of hydrogen-bond donors (Lipinski definition) is 2. The first-order valence-corrected chi connectivity index (χ1v) is 10.0. The van der Waals surface area contributed by atoms with Crippen molar-refractivity contribution >= 4 is 17.3 Å². The number of unbranched alkanes of at least 4 members (excludes halogenated alkanes) is 2. The van der Waals surface area contributed by atoms with Crippen LogP contribution in [0.4, 0.5) is 0 Å². The van der Waals surface area contributed by atoms with Crippen LogP contribution in [0.5, 0.6) is 0 Å². The quantitative estimate of drug-likeness (QED) is 0.634. The molecule has 0 atom stereocenters. The average molecular weight is 387 g/mol. The number of ether oxygens (including phenoxy) is 1. The lowest BCUT2D eigenvalue weighted by Crippen LogP contribution is -2.41. The monoisotopic (exact) mass is 387 g/mol. The molecule has 0 aromatic carbocycles. The number of carbonyl (C=O) groups is 2. The zero-order chi connectivity index (χ0) is 19.8. The van der Waals surface area contributed by atoms with Gasteiger partial charge in [-0.25, -0.2) is 4.98 Å². The minimum absolute atomic E-state index is 0.241. The van der Waals surface area contributed by atoms with Gasteiger partial charge in [0, 0.05) is 38.9 Å². The molecule has 1 saturated heterocycles. The number of morpholine rings is 1. The lowest BCUT2D eigenvalue weighted by atomic mass is 10.2. The van der Waals surface area contributed by atoms with Crippen molar-refractivity contribution in [1.29, 1.82) is 0 Å². The standard InChI is InChI=1S/C20H29N5O3/c1-2-3-5-8-21-20(27)18-23-17(16-7-4-6-10-25(16)18)19(26)22-9-11-24-12-14-28-15-13-24/h4,6-7,10H,2-3,5,8-9,11-15H2,1H3,(H,21,27)(H,22,26). The van der Waals surface area contributed by atoms with Gasteiger partial charge < -0.3 is 15.4 Å². The molecule has 2 amide bonds. The van der Waals surface area contributed by atoms with Gasteiger partial charge in [-0.05, 0) is 18.6 Å². The molecule has 1 aliphatic rings. The first-order valence-electron chi connectivity index (χ1n) is 10.0. The molecule has 0 saturated carbocycles. The number of pyridine rings is 1. The molecule has 28 heavy (non-hydrogen) atoms. The van der Waals surface area contributed by atoms with Gasteiger partial charge in [0.2, 0.25) is 5.82 Å². The summed E-state index contributed by atoms with van der Waals surface area (Å²) >= 11 is 0. The second kappa shape index (κ2) is 10.2. The third-order valence-electron chi connectivity index (χ3n) is 4.85. The fourth-order valence-corrected chi connectivity index (χ4v) is 3.26. The fourth-order valence-electron chi connectivity index (χ4n) is 3.26. The van der Waals surface area contributed by atoms with E-state index in [9.17, 15) is 9.59 Å². The molecule has 0 aliphatic carbocycles. The van der Waals surface area contributed by atoms with Gasteiger partial charge in [0.15, 0.2) is 5.69 Å². The SMILES string of the molecule is CCCCCNC(=O)c1nc(C(=O)NCCN2CCOCC2)c2ccccn12. The number of rotatable bonds is 9. The van der Waals surface area contributed by atoms with Crippen molar-refractivity contribution in [2.24, 2.45) is 0 Å². The summed E-state index contributed by atoms with van der Waals surface area (Å²) in [6, 6.07) is 5.46. The molecule has 1 fully saturated rings. The van der Waals surface area contributed by atoms with E-state index in [2.05, 4.69) is 27.4 Å². The number of carbonyl (C=O) groups excluding carboxylic acids is 2. The summed E-state index contributed by atoms with van der Waals surface area (Å²) in [5.41, 5.74) is 0.909. The fraction of sp³-hybridized carbons (Fsp3) is 0.550. The van der Waals surface area contributed by atoms with E-state index in [-0.39, 0.29) is 23.3 Å². The van der Waals surface area contributed by atoms with E-state index in [1.807, 2.05) is 12.1 Å². The van der Waals surface area contributed by atoms with Crippen molar-refractivity contribution < 1.29 is 14.3 Å². The minimum Gasteiger partial charge on any atom is -0.379 e. The Hall–Kier alpha value is -2.45. The molecule has 0 bridgehead atoms. The highest BCUT2D eigenvalue weighted by molar-refractivity contribution is 6.02. The van der Waals surface area contributed by atoms with E-state index in [4.69, 9.17) is 4.74 Å². The predicted octanol–water partition coefficient (Wildman–Crippen LogP) is 1.32. The second-order valence-corrected chi connectivity index (χ2v) is 6.91. The van der Waals surface area contributed by atoms with Crippen molar-refractivity contribution in [1.82, 2.24) is 24.9 Å². The smallest absolute Gasteiger partial charge is 0.287 e. The van der Waals surface area contributed by atoms with Crippen LogP contribution in [-0.2, 0) is 4.74 Å². The molecule has 0 spiro atoms. The van der Waals surface area contributed by atoms with Crippen LogP contribution in [-0.4, -0.2) is 72.0 Å². The van der Waals surface area contributed by atoms with E-state index in [1.165, 1.54) is 0 Å². The number of nitrogens with zero attached hydrogens (tertiary/aromatic N) is 3. The molecule has 1 aliphatic heterocycles. The highest BCUT2D eigenvalue weighted by atomic mass is 16.5. The Morgan fingerprint density at radius 1 is 1.11 bits per heavy atom. The summed E-state index contributed by atoms with van der Waals surface area (Å²) in [4.78, 5) is 31.8. The molecule has 2 N–H and O–H groups in total. The molecule has 0 unspecified atom stereocenters. The van der Waals surface area contributed by atoms with Crippen LogP contribution in [0.25, 0.3) is 5.52 Å². The molecule has 8 nitrogen and oxygen atoms in total. The Bertz CT molecular complexity index is 798. The van der Waals surface area contributed by atoms with Crippen LogP contribution in [0.15, 0.2) is 24.4 Å².